The van der Waals surface area contributed by atoms with E-state index in [0.29, 0.717) is 5.69 Å². The molecule has 9 heteroatoms. The summed E-state index contributed by atoms with van der Waals surface area (Å²) < 4.78 is 5.85. The SMILES string of the molecule is COC(=O)Cn1cc(NC(=O)c2cn[nH]n2)cn1. The van der Waals surface area contributed by atoms with E-state index in [0.717, 1.165) is 0 Å². The number of amides is 1. The fraction of sp³-hybridized carbons (Fsp3) is 0.222. The van der Waals surface area contributed by atoms with E-state index < -0.39 is 11.9 Å². The number of carbonyl (C=O) groups excluding carboxylic acids is 2. The van der Waals surface area contributed by atoms with Crippen LogP contribution in [0.5, 0.6) is 0 Å². The lowest BCUT2D eigenvalue weighted by atomic mass is 10.4. The second kappa shape index (κ2) is 5.08. The van der Waals surface area contributed by atoms with Crippen molar-refractivity contribution in [1.82, 2.24) is 25.2 Å². The molecule has 0 radical (unpaired) electrons. The lowest BCUT2D eigenvalue weighted by molar-refractivity contribution is -0.141. The van der Waals surface area contributed by atoms with Crippen molar-refractivity contribution in [2.75, 3.05) is 12.4 Å². The van der Waals surface area contributed by atoms with E-state index in [1.54, 1.807) is 0 Å². The number of hydrogen-bond acceptors (Lipinski definition) is 6. The van der Waals surface area contributed by atoms with Crippen LogP contribution in [0.25, 0.3) is 0 Å². The summed E-state index contributed by atoms with van der Waals surface area (Å²) in [5.41, 5.74) is 0.614. The van der Waals surface area contributed by atoms with E-state index in [1.807, 2.05) is 0 Å². The largest absolute Gasteiger partial charge is 0.468 e. The Kier molecular flexibility index (Phi) is 3.32. The Balaban J connectivity index is 1.98. The molecule has 94 valence electrons. The maximum atomic E-state index is 11.6. The summed E-state index contributed by atoms with van der Waals surface area (Å²) in [4.78, 5) is 22.6. The molecule has 1 amide bonds. The molecule has 0 saturated heterocycles. The molecule has 0 unspecified atom stereocenters. The molecule has 0 aliphatic carbocycles. The van der Waals surface area contributed by atoms with E-state index in [-0.39, 0.29) is 12.2 Å². The van der Waals surface area contributed by atoms with Gasteiger partial charge in [0.2, 0.25) is 0 Å². The maximum Gasteiger partial charge on any atom is 0.327 e. The predicted molar refractivity (Wildman–Crippen MR) is 58.6 cm³/mol. The monoisotopic (exact) mass is 250 g/mol. The summed E-state index contributed by atoms with van der Waals surface area (Å²) in [6.07, 6.45) is 4.23. The molecular weight excluding hydrogens is 240 g/mol. The van der Waals surface area contributed by atoms with E-state index in [4.69, 9.17) is 0 Å². The van der Waals surface area contributed by atoms with Gasteiger partial charge in [0, 0.05) is 6.20 Å². The van der Waals surface area contributed by atoms with Crippen molar-refractivity contribution in [3.8, 4) is 0 Å². The van der Waals surface area contributed by atoms with Gasteiger partial charge in [-0.1, -0.05) is 0 Å². The first-order chi connectivity index (χ1) is 8.69. The van der Waals surface area contributed by atoms with Crippen LogP contribution in [0.15, 0.2) is 18.6 Å². The van der Waals surface area contributed by atoms with Crippen molar-refractivity contribution in [2.45, 2.75) is 6.54 Å². The fourth-order valence-corrected chi connectivity index (χ4v) is 1.22. The van der Waals surface area contributed by atoms with E-state index in [9.17, 15) is 9.59 Å². The van der Waals surface area contributed by atoms with Gasteiger partial charge in [0.05, 0.1) is 25.2 Å². The summed E-state index contributed by atoms with van der Waals surface area (Å²) in [5.74, 6) is -0.839. The minimum atomic E-state index is -0.424. The van der Waals surface area contributed by atoms with Crippen LogP contribution in [0.2, 0.25) is 0 Å². The number of aromatic nitrogens is 5. The minimum Gasteiger partial charge on any atom is -0.468 e. The molecule has 0 saturated carbocycles. The Morgan fingerprint density at radius 2 is 2.33 bits per heavy atom. The van der Waals surface area contributed by atoms with Gasteiger partial charge in [-0.25, -0.2) is 0 Å². The summed E-state index contributed by atoms with van der Waals surface area (Å²) in [7, 11) is 1.29. The van der Waals surface area contributed by atoms with Gasteiger partial charge in [-0.3, -0.25) is 14.3 Å². The molecular formula is C9H10N6O3. The molecule has 2 N–H and O–H groups in total. The second-order valence-corrected chi connectivity index (χ2v) is 3.31. The van der Waals surface area contributed by atoms with Gasteiger partial charge in [-0.2, -0.15) is 20.5 Å². The lowest BCUT2D eigenvalue weighted by Gasteiger charge is -1.99. The molecule has 18 heavy (non-hydrogen) atoms. The van der Waals surface area contributed by atoms with Gasteiger partial charge in [-0.05, 0) is 0 Å². The van der Waals surface area contributed by atoms with Crippen LogP contribution in [0.4, 0.5) is 5.69 Å². The fourth-order valence-electron chi connectivity index (χ4n) is 1.22. The normalized spacial score (nSPS) is 10.1. The van der Waals surface area contributed by atoms with Crippen LogP contribution < -0.4 is 5.32 Å². The average Bonchev–Trinajstić information content (AvgIpc) is 3.00. The summed E-state index contributed by atoms with van der Waals surface area (Å²) in [5, 5.41) is 15.9. The number of carbonyl (C=O) groups is 2. The summed E-state index contributed by atoms with van der Waals surface area (Å²) >= 11 is 0. The number of nitrogens with zero attached hydrogens (tertiary/aromatic N) is 4. The quantitative estimate of drug-likeness (QED) is 0.702. The first kappa shape index (κ1) is 11.8. The zero-order chi connectivity index (χ0) is 13.0. The van der Waals surface area contributed by atoms with Crippen LogP contribution >= 0.6 is 0 Å². The molecule has 0 aromatic carbocycles. The molecule has 0 aliphatic heterocycles. The highest BCUT2D eigenvalue weighted by Crippen LogP contribution is 2.06. The number of H-pyrrole nitrogens is 1. The van der Waals surface area contributed by atoms with Crippen LogP contribution in [0, 0.1) is 0 Å². The molecule has 2 rings (SSSR count). The maximum absolute atomic E-state index is 11.6. The van der Waals surface area contributed by atoms with E-state index >= 15 is 0 Å². The molecule has 0 atom stereocenters. The number of esters is 1. The molecule has 9 nitrogen and oxygen atoms in total. The number of nitrogens with one attached hydrogen (secondary N) is 2. The van der Waals surface area contributed by atoms with Crippen LogP contribution in [0.1, 0.15) is 10.5 Å². The van der Waals surface area contributed by atoms with Crippen molar-refractivity contribution in [3.63, 3.8) is 0 Å². The van der Waals surface area contributed by atoms with Crippen LogP contribution in [0.3, 0.4) is 0 Å². The number of aromatic amines is 1. The Morgan fingerprint density at radius 1 is 1.50 bits per heavy atom. The molecule has 0 spiro atoms. The standard InChI is InChI=1S/C9H10N6O3/c1-18-8(16)5-15-4-6(2-11-15)12-9(17)7-3-10-14-13-7/h2-4H,5H2,1H3,(H,12,17)(H,10,13,14). The highest BCUT2D eigenvalue weighted by molar-refractivity contribution is 6.02. The zero-order valence-electron chi connectivity index (χ0n) is 9.45. The topological polar surface area (TPSA) is 115 Å². The Bertz CT molecular complexity index is 546. The van der Waals surface area contributed by atoms with Crippen molar-refractivity contribution < 1.29 is 14.3 Å². The number of rotatable bonds is 4. The number of anilines is 1. The third kappa shape index (κ3) is 2.70. The Labute approximate surface area is 101 Å². The Hall–Kier alpha value is -2.71. The van der Waals surface area contributed by atoms with Crippen molar-refractivity contribution >= 4 is 17.6 Å². The number of ether oxygens (including phenoxy) is 1. The third-order valence-corrected chi connectivity index (χ3v) is 2.06. The third-order valence-electron chi connectivity index (χ3n) is 2.06. The number of hydrogen-bond donors (Lipinski definition) is 2. The first-order valence-corrected chi connectivity index (χ1v) is 4.95. The smallest absolute Gasteiger partial charge is 0.327 e. The van der Waals surface area contributed by atoms with Gasteiger partial charge in [0.25, 0.3) is 5.91 Å². The predicted octanol–water partition coefficient (Wildman–Crippen LogP) is -0.574. The highest BCUT2D eigenvalue weighted by atomic mass is 16.5. The molecule has 0 aliphatic rings. The van der Waals surface area contributed by atoms with Crippen LogP contribution in [-0.2, 0) is 16.1 Å². The minimum absolute atomic E-state index is 0.0175. The highest BCUT2D eigenvalue weighted by Gasteiger charge is 2.10. The Morgan fingerprint density at radius 3 is 3.00 bits per heavy atom. The van der Waals surface area contributed by atoms with Crippen molar-refractivity contribution in [2.24, 2.45) is 0 Å². The van der Waals surface area contributed by atoms with Crippen molar-refractivity contribution in [1.29, 1.82) is 0 Å². The summed E-state index contributed by atoms with van der Waals surface area (Å²) in [6.45, 7) is -0.0175. The van der Waals surface area contributed by atoms with Gasteiger partial charge >= 0.3 is 5.97 Å². The van der Waals surface area contributed by atoms with Crippen molar-refractivity contribution in [3.05, 3.63) is 24.3 Å². The van der Waals surface area contributed by atoms with E-state index in [2.05, 4.69) is 30.6 Å². The molecule has 0 fully saturated rings. The molecule has 0 bridgehead atoms. The average molecular weight is 250 g/mol. The molecule has 2 aromatic rings. The summed E-state index contributed by atoms with van der Waals surface area (Å²) in [6, 6.07) is 0. The molecule has 2 aromatic heterocycles. The van der Waals surface area contributed by atoms with Gasteiger partial charge in [0.15, 0.2) is 5.69 Å². The van der Waals surface area contributed by atoms with E-state index in [1.165, 1.54) is 30.4 Å². The van der Waals surface area contributed by atoms with Crippen LogP contribution in [-0.4, -0.2) is 44.2 Å². The second-order valence-electron chi connectivity index (χ2n) is 3.31. The van der Waals surface area contributed by atoms with Gasteiger partial charge < -0.3 is 10.1 Å². The zero-order valence-corrected chi connectivity index (χ0v) is 9.45. The number of methoxy groups -OCH3 is 1. The lowest BCUT2D eigenvalue weighted by Crippen LogP contribution is -2.13. The molecule has 2 heterocycles. The van der Waals surface area contributed by atoms with Gasteiger partial charge in [0.1, 0.15) is 6.54 Å². The first-order valence-electron chi connectivity index (χ1n) is 4.95. The van der Waals surface area contributed by atoms with Gasteiger partial charge in [-0.15, -0.1) is 0 Å².